The first-order valence-electron chi connectivity index (χ1n) is 4.43. The lowest BCUT2D eigenvalue weighted by atomic mass is 10.1. The second kappa shape index (κ2) is 7.21. The summed E-state index contributed by atoms with van der Waals surface area (Å²) in [6.45, 7) is 4.08. The molecule has 2 atom stereocenters. The van der Waals surface area contributed by atoms with Gasteiger partial charge in [0.05, 0.1) is 13.0 Å². The second-order valence-electron chi connectivity index (χ2n) is 2.96. The van der Waals surface area contributed by atoms with Crippen LogP contribution in [0.2, 0.25) is 0 Å². The van der Waals surface area contributed by atoms with Crippen LogP contribution in [0.4, 0.5) is 0 Å². The molecule has 78 valence electrons. The summed E-state index contributed by atoms with van der Waals surface area (Å²) in [5.41, 5.74) is 0. The lowest BCUT2D eigenvalue weighted by molar-refractivity contribution is -0.144. The standard InChI is InChI=1S/C9H18O3S/c1-7(9(11)12-3)8(2)13-6-4-5-10/h7-8,10H,4-6H2,1-3H3. The molecular weight excluding hydrogens is 188 g/mol. The van der Waals surface area contributed by atoms with Crippen molar-refractivity contribution in [2.24, 2.45) is 5.92 Å². The summed E-state index contributed by atoms with van der Waals surface area (Å²) in [4.78, 5) is 11.1. The largest absolute Gasteiger partial charge is 0.469 e. The summed E-state index contributed by atoms with van der Waals surface area (Å²) in [5, 5.41) is 8.82. The number of aliphatic hydroxyl groups excluding tert-OH is 1. The van der Waals surface area contributed by atoms with E-state index in [1.165, 1.54) is 7.11 Å². The Labute approximate surface area is 83.9 Å². The van der Waals surface area contributed by atoms with Crippen molar-refractivity contribution in [2.45, 2.75) is 25.5 Å². The fraction of sp³-hybridized carbons (Fsp3) is 0.889. The summed E-state index contributed by atoms with van der Waals surface area (Å²) >= 11 is 1.69. The Bertz CT molecular complexity index is 150. The van der Waals surface area contributed by atoms with Gasteiger partial charge in [-0.1, -0.05) is 13.8 Å². The Morgan fingerprint density at radius 3 is 2.62 bits per heavy atom. The molecule has 0 amide bonds. The molecule has 0 spiro atoms. The van der Waals surface area contributed by atoms with Gasteiger partial charge in [0.1, 0.15) is 0 Å². The van der Waals surface area contributed by atoms with E-state index in [-0.39, 0.29) is 23.7 Å². The molecule has 0 aromatic heterocycles. The molecule has 0 saturated carbocycles. The number of methoxy groups -OCH3 is 1. The van der Waals surface area contributed by atoms with Crippen molar-refractivity contribution in [1.29, 1.82) is 0 Å². The number of thioether (sulfide) groups is 1. The maximum atomic E-state index is 11.1. The van der Waals surface area contributed by atoms with Crippen molar-refractivity contribution in [2.75, 3.05) is 19.5 Å². The zero-order valence-electron chi connectivity index (χ0n) is 8.45. The van der Waals surface area contributed by atoms with Gasteiger partial charge in [-0.05, 0) is 12.2 Å². The Kier molecular flexibility index (Phi) is 7.09. The minimum Gasteiger partial charge on any atom is -0.469 e. The maximum absolute atomic E-state index is 11.1. The van der Waals surface area contributed by atoms with Crippen molar-refractivity contribution >= 4 is 17.7 Å². The lowest BCUT2D eigenvalue weighted by Crippen LogP contribution is -2.22. The Hall–Kier alpha value is -0.220. The highest BCUT2D eigenvalue weighted by atomic mass is 32.2. The fourth-order valence-electron chi connectivity index (χ4n) is 0.856. The van der Waals surface area contributed by atoms with Gasteiger partial charge in [-0.15, -0.1) is 0 Å². The third kappa shape index (κ3) is 5.16. The van der Waals surface area contributed by atoms with Crippen LogP contribution in [-0.2, 0) is 9.53 Å². The number of esters is 1. The van der Waals surface area contributed by atoms with Gasteiger partial charge in [-0.3, -0.25) is 4.79 Å². The Morgan fingerprint density at radius 1 is 1.54 bits per heavy atom. The molecule has 0 radical (unpaired) electrons. The normalized spacial score (nSPS) is 15.1. The first kappa shape index (κ1) is 12.8. The summed E-state index contributed by atoms with van der Waals surface area (Å²) in [6.07, 6.45) is 0.781. The predicted octanol–water partition coefficient (Wildman–Crippen LogP) is 1.30. The van der Waals surface area contributed by atoms with Crippen LogP contribution in [0.5, 0.6) is 0 Å². The highest BCUT2D eigenvalue weighted by Gasteiger charge is 2.20. The van der Waals surface area contributed by atoms with Gasteiger partial charge < -0.3 is 9.84 Å². The van der Waals surface area contributed by atoms with Crippen molar-refractivity contribution in [3.63, 3.8) is 0 Å². The van der Waals surface area contributed by atoms with Gasteiger partial charge in [-0.2, -0.15) is 11.8 Å². The van der Waals surface area contributed by atoms with E-state index in [2.05, 4.69) is 4.74 Å². The Balaban J connectivity index is 3.68. The molecule has 0 aliphatic carbocycles. The second-order valence-corrected chi connectivity index (χ2v) is 4.45. The zero-order valence-corrected chi connectivity index (χ0v) is 9.26. The van der Waals surface area contributed by atoms with Gasteiger partial charge in [0.15, 0.2) is 0 Å². The lowest BCUT2D eigenvalue weighted by Gasteiger charge is -2.16. The molecule has 0 fully saturated rings. The SMILES string of the molecule is COC(=O)C(C)C(C)SCCCO. The minimum absolute atomic E-state index is 0.0753. The van der Waals surface area contributed by atoms with Gasteiger partial charge in [0.2, 0.25) is 0 Å². The zero-order chi connectivity index (χ0) is 10.3. The first-order valence-corrected chi connectivity index (χ1v) is 5.48. The van der Waals surface area contributed by atoms with E-state index < -0.39 is 0 Å². The number of hydrogen-bond donors (Lipinski definition) is 1. The highest BCUT2D eigenvalue weighted by molar-refractivity contribution is 7.99. The van der Waals surface area contributed by atoms with Crippen LogP contribution < -0.4 is 0 Å². The average molecular weight is 206 g/mol. The van der Waals surface area contributed by atoms with Crippen LogP contribution in [0.1, 0.15) is 20.3 Å². The highest BCUT2D eigenvalue weighted by Crippen LogP contribution is 2.20. The maximum Gasteiger partial charge on any atom is 0.309 e. The van der Waals surface area contributed by atoms with E-state index in [1.54, 1.807) is 11.8 Å². The number of hydrogen-bond acceptors (Lipinski definition) is 4. The number of rotatable bonds is 6. The number of aliphatic hydroxyl groups is 1. The summed E-state index contributed by atoms with van der Waals surface area (Å²) in [5.74, 6) is 0.650. The number of carbonyl (C=O) groups is 1. The molecule has 1 N–H and O–H groups in total. The van der Waals surface area contributed by atoms with E-state index in [0.717, 1.165) is 12.2 Å². The van der Waals surface area contributed by atoms with Crippen molar-refractivity contribution in [3.05, 3.63) is 0 Å². The Morgan fingerprint density at radius 2 is 2.15 bits per heavy atom. The van der Waals surface area contributed by atoms with Crippen LogP contribution in [-0.4, -0.2) is 35.8 Å². The fourth-order valence-corrected chi connectivity index (χ4v) is 1.92. The third-order valence-electron chi connectivity index (χ3n) is 1.96. The molecule has 4 heteroatoms. The van der Waals surface area contributed by atoms with E-state index >= 15 is 0 Å². The molecule has 3 nitrogen and oxygen atoms in total. The molecular formula is C9H18O3S. The van der Waals surface area contributed by atoms with Crippen LogP contribution in [0.25, 0.3) is 0 Å². The molecule has 0 aliphatic heterocycles. The molecule has 0 bridgehead atoms. The van der Waals surface area contributed by atoms with E-state index in [9.17, 15) is 4.79 Å². The first-order chi connectivity index (χ1) is 6.13. The van der Waals surface area contributed by atoms with Crippen LogP contribution in [0.3, 0.4) is 0 Å². The molecule has 13 heavy (non-hydrogen) atoms. The van der Waals surface area contributed by atoms with Gasteiger partial charge in [-0.25, -0.2) is 0 Å². The molecule has 0 aromatic carbocycles. The minimum atomic E-state index is -0.163. The molecule has 0 saturated heterocycles. The van der Waals surface area contributed by atoms with Crippen molar-refractivity contribution in [1.82, 2.24) is 0 Å². The smallest absolute Gasteiger partial charge is 0.309 e. The summed E-state index contributed by atoms with van der Waals surface area (Å²) in [7, 11) is 1.41. The summed E-state index contributed by atoms with van der Waals surface area (Å²) in [6, 6.07) is 0. The molecule has 0 aromatic rings. The molecule has 0 heterocycles. The van der Waals surface area contributed by atoms with Gasteiger partial charge >= 0.3 is 5.97 Å². The van der Waals surface area contributed by atoms with Crippen LogP contribution in [0, 0.1) is 5.92 Å². The topological polar surface area (TPSA) is 46.5 Å². The molecule has 2 unspecified atom stereocenters. The van der Waals surface area contributed by atoms with E-state index in [0.29, 0.717) is 0 Å². The molecule has 0 aliphatic rings. The number of ether oxygens (including phenoxy) is 1. The number of carbonyl (C=O) groups excluding carboxylic acids is 1. The van der Waals surface area contributed by atoms with Crippen molar-refractivity contribution in [3.8, 4) is 0 Å². The van der Waals surface area contributed by atoms with E-state index in [4.69, 9.17) is 5.11 Å². The van der Waals surface area contributed by atoms with Crippen LogP contribution in [0.15, 0.2) is 0 Å². The van der Waals surface area contributed by atoms with Gasteiger partial charge in [0.25, 0.3) is 0 Å². The average Bonchev–Trinajstić information content (AvgIpc) is 2.15. The quantitative estimate of drug-likeness (QED) is 0.525. The third-order valence-corrected chi connectivity index (χ3v) is 3.42. The van der Waals surface area contributed by atoms with E-state index in [1.807, 2.05) is 13.8 Å². The van der Waals surface area contributed by atoms with Crippen LogP contribution >= 0.6 is 11.8 Å². The summed E-state index contributed by atoms with van der Waals surface area (Å²) < 4.78 is 4.64. The van der Waals surface area contributed by atoms with Crippen molar-refractivity contribution < 1.29 is 14.6 Å². The van der Waals surface area contributed by atoms with Gasteiger partial charge in [0, 0.05) is 11.9 Å². The monoisotopic (exact) mass is 206 g/mol. The molecule has 0 rings (SSSR count). The predicted molar refractivity (Wildman–Crippen MR) is 54.8 cm³/mol.